The van der Waals surface area contributed by atoms with Crippen molar-refractivity contribution in [2.45, 2.75) is 38.5 Å². The van der Waals surface area contributed by atoms with Crippen LogP contribution in [0, 0.1) is 15.5 Å². The van der Waals surface area contributed by atoms with E-state index in [1.807, 2.05) is 0 Å². The van der Waals surface area contributed by atoms with Gasteiger partial charge in [0, 0.05) is 11.3 Å². The van der Waals surface area contributed by atoms with Crippen molar-refractivity contribution < 1.29 is 19.2 Å². The summed E-state index contributed by atoms with van der Waals surface area (Å²) in [5.74, 6) is -1.66. The van der Waals surface area contributed by atoms with Gasteiger partial charge < -0.3 is 4.74 Å². The van der Waals surface area contributed by atoms with Crippen molar-refractivity contribution >= 4 is 11.8 Å². The Morgan fingerprint density at radius 2 is 2.04 bits per heavy atom. The summed E-state index contributed by atoms with van der Waals surface area (Å²) >= 11 is 0. The summed E-state index contributed by atoms with van der Waals surface area (Å²) in [4.78, 5) is 36.1. The van der Waals surface area contributed by atoms with E-state index in [0.29, 0.717) is 24.8 Å². The second-order valence-electron chi connectivity index (χ2n) is 5.80. The number of Topliss-reactive ketones (excluding diaryl/α,β-unsaturated/α-hetero) is 1. The first-order chi connectivity index (χ1) is 11.0. The van der Waals surface area contributed by atoms with Crippen molar-refractivity contribution in [3.8, 4) is 0 Å². The molecule has 23 heavy (non-hydrogen) atoms. The van der Waals surface area contributed by atoms with Crippen molar-refractivity contribution in [2.24, 2.45) is 5.41 Å². The van der Waals surface area contributed by atoms with E-state index in [4.69, 9.17) is 4.74 Å². The molecule has 1 aliphatic rings. The van der Waals surface area contributed by atoms with Gasteiger partial charge in [0.25, 0.3) is 0 Å². The minimum atomic E-state index is -1.44. The molecular formula is C17H21NO5. The van der Waals surface area contributed by atoms with Crippen LogP contribution in [-0.2, 0) is 14.3 Å². The van der Waals surface area contributed by atoms with Crippen LogP contribution in [0.3, 0.4) is 0 Å². The van der Waals surface area contributed by atoms with Crippen LogP contribution in [0.2, 0.25) is 0 Å². The molecule has 2 atom stereocenters. The molecule has 6 nitrogen and oxygen atoms in total. The zero-order chi connectivity index (χ0) is 16.9. The molecule has 6 heteroatoms. The van der Waals surface area contributed by atoms with Gasteiger partial charge in [0.15, 0.2) is 5.78 Å². The molecule has 1 aromatic rings. The summed E-state index contributed by atoms with van der Waals surface area (Å²) in [5.41, 5.74) is -0.810. The standard InChI is InChI=1S/C17H21NO5/c1-2-23-16(20)17(11-7-6-10-15(17)19)14(12-18(21)22)13-8-4-3-5-9-13/h3-5,8-9,14H,2,6-7,10-12H2,1H3/t14-,17-/m0/s1. The first-order valence-corrected chi connectivity index (χ1v) is 7.89. The van der Waals surface area contributed by atoms with Crippen molar-refractivity contribution in [1.29, 1.82) is 0 Å². The average molecular weight is 319 g/mol. The van der Waals surface area contributed by atoms with Gasteiger partial charge in [0.2, 0.25) is 6.54 Å². The number of nitrogens with zero attached hydrogens (tertiary/aromatic N) is 1. The highest BCUT2D eigenvalue weighted by Crippen LogP contribution is 2.46. The van der Waals surface area contributed by atoms with E-state index >= 15 is 0 Å². The fourth-order valence-corrected chi connectivity index (χ4v) is 3.42. The van der Waals surface area contributed by atoms with Gasteiger partial charge in [-0.3, -0.25) is 19.7 Å². The van der Waals surface area contributed by atoms with Crippen LogP contribution in [0.25, 0.3) is 0 Å². The summed E-state index contributed by atoms with van der Waals surface area (Å²) in [5, 5.41) is 11.2. The van der Waals surface area contributed by atoms with Gasteiger partial charge in [-0.25, -0.2) is 0 Å². The van der Waals surface area contributed by atoms with E-state index in [-0.39, 0.29) is 18.8 Å². The molecule has 1 fully saturated rings. The van der Waals surface area contributed by atoms with Crippen LogP contribution in [0.1, 0.15) is 44.1 Å². The van der Waals surface area contributed by atoms with Crippen LogP contribution in [-0.4, -0.2) is 29.8 Å². The summed E-state index contributed by atoms with van der Waals surface area (Å²) in [6.07, 6.45) is 1.96. The quantitative estimate of drug-likeness (QED) is 0.348. The molecule has 0 bridgehead atoms. The van der Waals surface area contributed by atoms with E-state index in [2.05, 4.69) is 0 Å². The Kier molecular flexibility index (Phi) is 5.47. The maximum Gasteiger partial charge on any atom is 0.320 e. The predicted molar refractivity (Wildman–Crippen MR) is 83.6 cm³/mol. The fraction of sp³-hybridized carbons (Fsp3) is 0.529. The van der Waals surface area contributed by atoms with Gasteiger partial charge in [0.05, 0.1) is 12.5 Å². The van der Waals surface area contributed by atoms with Gasteiger partial charge in [-0.05, 0) is 25.3 Å². The molecule has 0 unspecified atom stereocenters. The topological polar surface area (TPSA) is 86.5 Å². The van der Waals surface area contributed by atoms with Crippen molar-refractivity contribution in [2.75, 3.05) is 13.2 Å². The number of hydrogen-bond donors (Lipinski definition) is 0. The van der Waals surface area contributed by atoms with Crippen LogP contribution in [0.15, 0.2) is 30.3 Å². The predicted octanol–water partition coefficient (Wildman–Crippen LogP) is 2.74. The lowest BCUT2D eigenvalue weighted by Crippen LogP contribution is -2.49. The minimum absolute atomic E-state index is 0.147. The summed E-state index contributed by atoms with van der Waals surface area (Å²) in [6, 6.07) is 8.78. The lowest BCUT2D eigenvalue weighted by Gasteiger charge is -2.38. The zero-order valence-corrected chi connectivity index (χ0v) is 13.2. The van der Waals surface area contributed by atoms with Gasteiger partial charge in [0.1, 0.15) is 5.41 Å². The van der Waals surface area contributed by atoms with Gasteiger partial charge in [-0.15, -0.1) is 0 Å². The molecule has 0 amide bonds. The highest BCUT2D eigenvalue weighted by Gasteiger charge is 2.55. The van der Waals surface area contributed by atoms with Crippen LogP contribution in [0.5, 0.6) is 0 Å². The van der Waals surface area contributed by atoms with E-state index in [0.717, 1.165) is 0 Å². The van der Waals surface area contributed by atoms with Crippen molar-refractivity contribution in [1.82, 2.24) is 0 Å². The maximum atomic E-state index is 12.7. The Balaban J connectivity index is 2.53. The van der Waals surface area contributed by atoms with E-state index < -0.39 is 28.8 Å². The number of carbonyl (C=O) groups is 2. The van der Waals surface area contributed by atoms with Crippen LogP contribution in [0.4, 0.5) is 0 Å². The third-order valence-corrected chi connectivity index (χ3v) is 4.49. The molecule has 2 rings (SSSR count). The normalized spacial score (nSPS) is 22.4. The lowest BCUT2D eigenvalue weighted by atomic mass is 9.63. The number of ether oxygens (including phenoxy) is 1. The largest absolute Gasteiger partial charge is 0.465 e. The number of rotatable bonds is 6. The lowest BCUT2D eigenvalue weighted by molar-refractivity contribution is -0.485. The third kappa shape index (κ3) is 3.41. The number of hydrogen-bond acceptors (Lipinski definition) is 5. The van der Waals surface area contributed by atoms with E-state index in [9.17, 15) is 19.7 Å². The monoisotopic (exact) mass is 319 g/mol. The first kappa shape index (κ1) is 17.1. The Morgan fingerprint density at radius 1 is 1.35 bits per heavy atom. The van der Waals surface area contributed by atoms with Crippen LogP contribution >= 0.6 is 0 Å². The SMILES string of the molecule is CCOC(=O)[C@]1([C@@H](C[N+](=O)[O-])c2ccccc2)CCCCC1=O. The molecule has 0 N–H and O–H groups in total. The van der Waals surface area contributed by atoms with Crippen molar-refractivity contribution in [3.05, 3.63) is 46.0 Å². The minimum Gasteiger partial charge on any atom is -0.465 e. The summed E-state index contributed by atoms with van der Waals surface area (Å²) in [6.45, 7) is 1.35. The summed E-state index contributed by atoms with van der Waals surface area (Å²) < 4.78 is 5.16. The Hall–Kier alpha value is -2.24. The maximum absolute atomic E-state index is 12.7. The smallest absolute Gasteiger partial charge is 0.320 e. The Labute approximate surface area is 135 Å². The van der Waals surface area contributed by atoms with Crippen LogP contribution < -0.4 is 0 Å². The zero-order valence-electron chi connectivity index (χ0n) is 13.2. The van der Waals surface area contributed by atoms with Crippen molar-refractivity contribution in [3.63, 3.8) is 0 Å². The fourth-order valence-electron chi connectivity index (χ4n) is 3.42. The number of ketones is 1. The number of benzene rings is 1. The molecule has 0 spiro atoms. The molecule has 0 saturated heterocycles. The number of esters is 1. The molecule has 0 aliphatic heterocycles. The molecular weight excluding hydrogens is 298 g/mol. The molecule has 124 valence electrons. The third-order valence-electron chi connectivity index (χ3n) is 4.49. The van der Waals surface area contributed by atoms with Gasteiger partial charge in [-0.1, -0.05) is 36.8 Å². The molecule has 1 aliphatic carbocycles. The van der Waals surface area contributed by atoms with Gasteiger partial charge >= 0.3 is 5.97 Å². The number of carbonyl (C=O) groups excluding carboxylic acids is 2. The van der Waals surface area contributed by atoms with E-state index in [1.54, 1.807) is 37.3 Å². The molecule has 0 radical (unpaired) electrons. The highest BCUT2D eigenvalue weighted by molar-refractivity contribution is 6.05. The Bertz CT molecular complexity index is 586. The highest BCUT2D eigenvalue weighted by atomic mass is 16.6. The average Bonchev–Trinajstić information content (AvgIpc) is 2.54. The van der Waals surface area contributed by atoms with Gasteiger partial charge in [-0.2, -0.15) is 0 Å². The number of nitro groups is 1. The Morgan fingerprint density at radius 3 is 2.61 bits per heavy atom. The molecule has 1 aromatic carbocycles. The molecule has 1 saturated carbocycles. The molecule has 0 aromatic heterocycles. The second kappa shape index (κ2) is 7.35. The second-order valence-corrected chi connectivity index (χ2v) is 5.80. The van der Waals surface area contributed by atoms with E-state index in [1.165, 1.54) is 0 Å². The molecule has 0 heterocycles. The first-order valence-electron chi connectivity index (χ1n) is 7.89. The summed E-state index contributed by atoms with van der Waals surface area (Å²) in [7, 11) is 0.